The Balaban J connectivity index is 1.82. The van der Waals surface area contributed by atoms with Gasteiger partial charge in [-0.1, -0.05) is 71.4 Å². The zero-order valence-corrected chi connectivity index (χ0v) is 14.2. The number of benzene rings is 2. The van der Waals surface area contributed by atoms with E-state index in [1.165, 1.54) is 11.8 Å². The zero-order chi connectivity index (χ0) is 15.8. The third-order valence-corrected chi connectivity index (χ3v) is 5.67. The first-order valence-electron chi connectivity index (χ1n) is 6.98. The summed E-state index contributed by atoms with van der Waals surface area (Å²) in [5.41, 5.74) is 1.76. The molecule has 0 radical (unpaired) electrons. The molecule has 0 saturated heterocycles. The topological polar surface area (TPSA) is 25.8 Å². The van der Waals surface area contributed by atoms with E-state index in [9.17, 15) is 0 Å². The maximum absolute atomic E-state index is 6.54. The number of hydrogen-bond donors (Lipinski definition) is 0. The molecule has 2 heterocycles. The minimum Gasteiger partial charge on any atom is -0.255 e. The molecule has 2 nitrogen and oxygen atoms in total. The average molecular weight is 357 g/mol. The molecule has 0 spiro atoms. The smallest absolute Gasteiger partial charge is 0.0717 e. The normalized spacial score (nSPS) is 11.2. The van der Waals surface area contributed by atoms with E-state index in [-0.39, 0.29) is 0 Å². The first-order valence-corrected chi connectivity index (χ1v) is 8.55. The number of halogens is 2. The van der Waals surface area contributed by atoms with Crippen LogP contribution in [0.1, 0.15) is 0 Å². The number of fused-ring (bicyclic) bond motifs is 2. The van der Waals surface area contributed by atoms with Crippen LogP contribution in [0.5, 0.6) is 0 Å². The molecule has 0 aliphatic carbocycles. The van der Waals surface area contributed by atoms with E-state index in [0.717, 1.165) is 31.6 Å². The summed E-state index contributed by atoms with van der Waals surface area (Å²) in [6, 6.07) is 15.6. The lowest BCUT2D eigenvalue weighted by Gasteiger charge is -2.09. The van der Waals surface area contributed by atoms with E-state index in [0.29, 0.717) is 10.0 Å². The molecular weight excluding hydrogens is 347 g/mol. The van der Waals surface area contributed by atoms with Gasteiger partial charge < -0.3 is 0 Å². The minimum atomic E-state index is 0.685. The fraction of sp³-hybridized carbons (Fsp3) is 0. The van der Waals surface area contributed by atoms with Crippen LogP contribution in [0.25, 0.3) is 21.8 Å². The lowest BCUT2D eigenvalue weighted by molar-refractivity contribution is 1.27. The maximum atomic E-state index is 6.54. The van der Waals surface area contributed by atoms with Gasteiger partial charge in [0.05, 0.1) is 21.1 Å². The molecule has 2 aromatic carbocycles. The minimum absolute atomic E-state index is 0.685. The zero-order valence-electron chi connectivity index (χ0n) is 11.8. The van der Waals surface area contributed by atoms with Crippen LogP contribution >= 0.6 is 35.0 Å². The van der Waals surface area contributed by atoms with Gasteiger partial charge in [0.1, 0.15) is 0 Å². The Hall–Kier alpha value is -1.81. The Morgan fingerprint density at radius 2 is 1.09 bits per heavy atom. The predicted molar refractivity (Wildman–Crippen MR) is 97.6 cm³/mol. The van der Waals surface area contributed by atoms with Crippen molar-refractivity contribution in [1.82, 2.24) is 9.97 Å². The Labute approximate surface area is 147 Å². The summed E-state index contributed by atoms with van der Waals surface area (Å²) >= 11 is 14.6. The lowest BCUT2D eigenvalue weighted by atomic mass is 10.2. The number of hydrogen-bond acceptors (Lipinski definition) is 3. The van der Waals surface area contributed by atoms with Gasteiger partial charge in [0.15, 0.2) is 0 Å². The average Bonchev–Trinajstić information content (AvgIpc) is 2.60. The second kappa shape index (κ2) is 6.00. The number of aromatic nitrogens is 2. The van der Waals surface area contributed by atoms with Crippen LogP contribution in [-0.2, 0) is 0 Å². The van der Waals surface area contributed by atoms with Crippen molar-refractivity contribution in [2.75, 3.05) is 0 Å². The lowest BCUT2D eigenvalue weighted by Crippen LogP contribution is -1.86. The van der Waals surface area contributed by atoms with Crippen molar-refractivity contribution < 1.29 is 0 Å². The fourth-order valence-corrected chi connectivity index (χ4v) is 3.94. The van der Waals surface area contributed by atoms with Crippen molar-refractivity contribution in [2.45, 2.75) is 9.79 Å². The van der Waals surface area contributed by atoms with E-state index in [4.69, 9.17) is 23.2 Å². The molecule has 23 heavy (non-hydrogen) atoms. The van der Waals surface area contributed by atoms with Crippen LogP contribution in [0, 0.1) is 0 Å². The standard InChI is InChI=1S/C18H10Cl2N2S/c19-17-11-5-1-3-7-13(11)21-9-15(17)23-16-10-22-14-8-4-2-6-12(14)18(16)20/h1-10H. The van der Waals surface area contributed by atoms with Gasteiger partial charge in [-0.2, -0.15) is 0 Å². The molecule has 5 heteroatoms. The molecule has 2 aromatic heterocycles. The summed E-state index contributed by atoms with van der Waals surface area (Å²) in [7, 11) is 0. The molecule has 112 valence electrons. The summed E-state index contributed by atoms with van der Waals surface area (Å²) in [5, 5.41) is 3.24. The Morgan fingerprint density at radius 3 is 1.57 bits per heavy atom. The van der Waals surface area contributed by atoms with Gasteiger partial charge in [0, 0.05) is 33.0 Å². The highest BCUT2D eigenvalue weighted by molar-refractivity contribution is 7.99. The highest BCUT2D eigenvalue weighted by atomic mass is 35.5. The third kappa shape index (κ3) is 2.65. The second-order valence-electron chi connectivity index (χ2n) is 5.01. The predicted octanol–water partition coefficient (Wildman–Crippen LogP) is 6.24. The largest absolute Gasteiger partial charge is 0.255 e. The van der Waals surface area contributed by atoms with Crippen molar-refractivity contribution >= 4 is 56.8 Å². The molecule has 0 unspecified atom stereocenters. The van der Waals surface area contributed by atoms with E-state index in [1.54, 1.807) is 12.4 Å². The molecule has 0 aliphatic rings. The van der Waals surface area contributed by atoms with Crippen LogP contribution in [0.2, 0.25) is 10.0 Å². The third-order valence-electron chi connectivity index (χ3n) is 3.58. The fourth-order valence-electron chi connectivity index (χ4n) is 2.44. The van der Waals surface area contributed by atoms with Gasteiger partial charge in [0.2, 0.25) is 0 Å². The van der Waals surface area contributed by atoms with Crippen LogP contribution in [0.4, 0.5) is 0 Å². The molecule has 0 aliphatic heterocycles. The second-order valence-corrected chi connectivity index (χ2v) is 6.85. The molecule has 4 aromatic rings. The van der Waals surface area contributed by atoms with E-state index in [2.05, 4.69) is 9.97 Å². The summed E-state index contributed by atoms with van der Waals surface area (Å²) in [6.45, 7) is 0. The number of pyridine rings is 2. The molecule has 0 bridgehead atoms. The molecule has 4 rings (SSSR count). The summed E-state index contributed by atoms with van der Waals surface area (Å²) in [4.78, 5) is 10.7. The van der Waals surface area contributed by atoms with Crippen molar-refractivity contribution in [3.63, 3.8) is 0 Å². The Morgan fingerprint density at radius 1 is 0.652 bits per heavy atom. The summed E-state index contributed by atoms with van der Waals surface area (Å²) in [5.74, 6) is 0. The van der Waals surface area contributed by atoms with E-state index >= 15 is 0 Å². The van der Waals surface area contributed by atoms with Gasteiger partial charge in [-0.25, -0.2) is 0 Å². The molecular formula is C18H10Cl2N2S. The van der Waals surface area contributed by atoms with Gasteiger partial charge in [0.25, 0.3) is 0 Å². The van der Waals surface area contributed by atoms with Crippen LogP contribution in [0.15, 0.2) is 70.7 Å². The quantitative estimate of drug-likeness (QED) is 0.425. The van der Waals surface area contributed by atoms with Gasteiger partial charge >= 0.3 is 0 Å². The van der Waals surface area contributed by atoms with E-state index in [1.807, 2.05) is 48.5 Å². The van der Waals surface area contributed by atoms with Crippen LogP contribution in [0.3, 0.4) is 0 Å². The maximum Gasteiger partial charge on any atom is 0.0717 e. The Kier molecular flexibility index (Phi) is 3.85. The molecule has 0 amide bonds. The monoisotopic (exact) mass is 356 g/mol. The highest BCUT2D eigenvalue weighted by Crippen LogP contribution is 2.40. The number of para-hydroxylation sites is 2. The van der Waals surface area contributed by atoms with Crippen molar-refractivity contribution in [2.24, 2.45) is 0 Å². The first kappa shape index (κ1) is 14.8. The van der Waals surface area contributed by atoms with Gasteiger partial charge in [-0.3, -0.25) is 9.97 Å². The highest BCUT2D eigenvalue weighted by Gasteiger charge is 2.12. The first-order chi connectivity index (χ1) is 11.2. The van der Waals surface area contributed by atoms with Gasteiger partial charge in [-0.15, -0.1) is 0 Å². The van der Waals surface area contributed by atoms with Crippen molar-refractivity contribution in [3.05, 3.63) is 71.0 Å². The van der Waals surface area contributed by atoms with Crippen molar-refractivity contribution in [1.29, 1.82) is 0 Å². The summed E-state index contributed by atoms with van der Waals surface area (Å²) in [6.07, 6.45) is 3.56. The van der Waals surface area contributed by atoms with Crippen LogP contribution in [-0.4, -0.2) is 9.97 Å². The van der Waals surface area contributed by atoms with E-state index < -0.39 is 0 Å². The SMILES string of the molecule is Clc1c(Sc2cnc3ccccc3c2Cl)cnc2ccccc12. The number of rotatable bonds is 2. The van der Waals surface area contributed by atoms with Gasteiger partial charge in [-0.05, 0) is 12.1 Å². The summed E-state index contributed by atoms with van der Waals surface area (Å²) < 4.78 is 0. The Bertz CT molecular complexity index is 951. The molecule has 0 N–H and O–H groups in total. The number of nitrogens with zero attached hydrogens (tertiary/aromatic N) is 2. The van der Waals surface area contributed by atoms with Crippen LogP contribution < -0.4 is 0 Å². The molecule has 0 saturated carbocycles. The molecule has 0 fully saturated rings. The molecule has 0 atom stereocenters. The van der Waals surface area contributed by atoms with Crippen molar-refractivity contribution in [3.8, 4) is 0 Å².